The third-order valence-electron chi connectivity index (χ3n) is 2.94. The minimum Gasteiger partial charge on any atom is -0.391 e. The van der Waals surface area contributed by atoms with E-state index in [-0.39, 0.29) is 12.0 Å². The van der Waals surface area contributed by atoms with E-state index in [0.717, 1.165) is 10.6 Å². The fourth-order valence-electron chi connectivity index (χ4n) is 1.98. The van der Waals surface area contributed by atoms with Crippen LogP contribution in [-0.4, -0.2) is 40.1 Å². The lowest BCUT2D eigenvalue weighted by Gasteiger charge is -2.13. The molecule has 1 saturated heterocycles. The van der Waals surface area contributed by atoms with Gasteiger partial charge in [0.25, 0.3) is 5.91 Å². The van der Waals surface area contributed by atoms with E-state index in [1.54, 1.807) is 21.6 Å². The fourth-order valence-corrected chi connectivity index (χ4v) is 3.49. The first-order valence-electron chi connectivity index (χ1n) is 5.69. The summed E-state index contributed by atoms with van der Waals surface area (Å²) < 4.78 is 0. The molecule has 3 heterocycles. The number of carbonyl (C=O) groups is 1. The van der Waals surface area contributed by atoms with Gasteiger partial charge in [-0.3, -0.25) is 4.79 Å². The average molecular weight is 280 g/mol. The summed E-state index contributed by atoms with van der Waals surface area (Å²) in [5, 5.41) is 16.1. The molecule has 1 aliphatic rings. The van der Waals surface area contributed by atoms with Crippen molar-refractivity contribution in [1.29, 1.82) is 0 Å². The van der Waals surface area contributed by atoms with E-state index in [9.17, 15) is 9.90 Å². The van der Waals surface area contributed by atoms with E-state index >= 15 is 0 Å². The van der Waals surface area contributed by atoms with Crippen LogP contribution in [0.15, 0.2) is 22.2 Å². The number of nitrogens with zero attached hydrogens (tertiary/aromatic N) is 2. The van der Waals surface area contributed by atoms with Crippen molar-refractivity contribution in [2.45, 2.75) is 12.5 Å². The Morgan fingerprint density at radius 2 is 2.39 bits per heavy atom. The van der Waals surface area contributed by atoms with Gasteiger partial charge in [0.15, 0.2) is 0 Å². The summed E-state index contributed by atoms with van der Waals surface area (Å²) in [4.78, 5) is 18.2. The molecule has 0 spiro atoms. The molecule has 18 heavy (non-hydrogen) atoms. The SMILES string of the molecule is O=C(c1csc(-c2ccsc2)n1)N1CCC(O)C1. The highest BCUT2D eigenvalue weighted by atomic mass is 32.1. The molecule has 4 nitrogen and oxygen atoms in total. The Kier molecular flexibility index (Phi) is 3.15. The lowest BCUT2D eigenvalue weighted by Crippen LogP contribution is -2.29. The summed E-state index contributed by atoms with van der Waals surface area (Å²) in [5.41, 5.74) is 1.54. The minimum absolute atomic E-state index is 0.0794. The Morgan fingerprint density at radius 1 is 1.50 bits per heavy atom. The Morgan fingerprint density at radius 3 is 3.06 bits per heavy atom. The van der Waals surface area contributed by atoms with E-state index in [1.807, 2.05) is 16.8 Å². The molecular weight excluding hydrogens is 268 g/mol. The van der Waals surface area contributed by atoms with Crippen LogP contribution >= 0.6 is 22.7 Å². The molecular formula is C12H12N2O2S2. The van der Waals surface area contributed by atoms with Gasteiger partial charge in [0.05, 0.1) is 6.10 Å². The zero-order valence-corrected chi connectivity index (χ0v) is 11.2. The number of β-amino-alcohol motifs (C(OH)–C–C–N with tert-alkyl or cyclic N) is 1. The second-order valence-electron chi connectivity index (χ2n) is 4.24. The van der Waals surface area contributed by atoms with Crippen molar-refractivity contribution in [3.63, 3.8) is 0 Å². The molecule has 1 fully saturated rings. The number of aliphatic hydroxyl groups excluding tert-OH is 1. The molecule has 0 aromatic carbocycles. The van der Waals surface area contributed by atoms with E-state index < -0.39 is 0 Å². The molecule has 0 radical (unpaired) electrons. The lowest BCUT2D eigenvalue weighted by atomic mass is 10.3. The van der Waals surface area contributed by atoms with Crippen LogP contribution in [0.25, 0.3) is 10.6 Å². The van der Waals surface area contributed by atoms with Crippen molar-refractivity contribution >= 4 is 28.6 Å². The normalized spacial score (nSPS) is 19.4. The van der Waals surface area contributed by atoms with E-state index in [4.69, 9.17) is 0 Å². The molecule has 1 N–H and O–H groups in total. The quantitative estimate of drug-likeness (QED) is 0.916. The van der Waals surface area contributed by atoms with Crippen molar-refractivity contribution in [2.75, 3.05) is 13.1 Å². The Balaban J connectivity index is 1.79. The molecule has 3 rings (SSSR count). The molecule has 2 aromatic heterocycles. The Hall–Kier alpha value is -1.24. The van der Waals surface area contributed by atoms with Crippen LogP contribution in [0.2, 0.25) is 0 Å². The number of thiazole rings is 1. The number of rotatable bonds is 2. The van der Waals surface area contributed by atoms with Crippen molar-refractivity contribution < 1.29 is 9.90 Å². The standard InChI is InChI=1S/C12H12N2O2S2/c15-9-1-3-14(5-9)12(16)10-7-18-11(13-10)8-2-4-17-6-8/h2,4,6-7,9,15H,1,3,5H2. The van der Waals surface area contributed by atoms with Crippen LogP contribution in [-0.2, 0) is 0 Å². The predicted octanol–water partition coefficient (Wildman–Crippen LogP) is 2.08. The van der Waals surface area contributed by atoms with E-state index in [1.165, 1.54) is 11.3 Å². The average Bonchev–Trinajstić information content (AvgIpc) is 3.09. The first kappa shape index (κ1) is 11.8. The predicted molar refractivity (Wildman–Crippen MR) is 72.0 cm³/mol. The zero-order valence-electron chi connectivity index (χ0n) is 9.57. The van der Waals surface area contributed by atoms with Gasteiger partial charge in [0.2, 0.25) is 0 Å². The van der Waals surface area contributed by atoms with Gasteiger partial charge < -0.3 is 10.0 Å². The lowest BCUT2D eigenvalue weighted by molar-refractivity contribution is 0.0760. The number of likely N-dealkylation sites (tertiary alicyclic amines) is 1. The molecule has 1 aliphatic heterocycles. The molecule has 6 heteroatoms. The molecule has 94 valence electrons. The van der Waals surface area contributed by atoms with Crippen molar-refractivity contribution in [2.24, 2.45) is 0 Å². The van der Waals surface area contributed by atoms with Crippen LogP contribution < -0.4 is 0 Å². The number of aliphatic hydroxyl groups is 1. The maximum absolute atomic E-state index is 12.1. The maximum atomic E-state index is 12.1. The van der Waals surface area contributed by atoms with Crippen LogP contribution in [0.3, 0.4) is 0 Å². The Labute approximate surface area is 113 Å². The summed E-state index contributed by atoms with van der Waals surface area (Å²) in [6.07, 6.45) is 0.275. The van der Waals surface area contributed by atoms with Gasteiger partial charge in [-0.05, 0) is 17.9 Å². The highest BCUT2D eigenvalue weighted by molar-refractivity contribution is 7.14. The molecule has 1 amide bonds. The van der Waals surface area contributed by atoms with Gasteiger partial charge in [-0.2, -0.15) is 11.3 Å². The summed E-state index contributed by atoms with van der Waals surface area (Å²) >= 11 is 3.10. The van der Waals surface area contributed by atoms with E-state index in [0.29, 0.717) is 25.2 Å². The van der Waals surface area contributed by atoms with Gasteiger partial charge >= 0.3 is 0 Å². The van der Waals surface area contributed by atoms with Gasteiger partial charge in [-0.25, -0.2) is 4.98 Å². The van der Waals surface area contributed by atoms with Crippen molar-refractivity contribution in [3.8, 4) is 10.6 Å². The van der Waals surface area contributed by atoms with Crippen LogP contribution in [0.1, 0.15) is 16.9 Å². The number of amides is 1. The minimum atomic E-state index is -0.385. The molecule has 1 atom stereocenters. The number of hydrogen-bond acceptors (Lipinski definition) is 5. The van der Waals surface area contributed by atoms with Crippen LogP contribution in [0, 0.1) is 0 Å². The monoisotopic (exact) mass is 280 g/mol. The number of hydrogen-bond donors (Lipinski definition) is 1. The maximum Gasteiger partial charge on any atom is 0.273 e. The zero-order chi connectivity index (χ0) is 12.5. The smallest absolute Gasteiger partial charge is 0.273 e. The number of aromatic nitrogens is 1. The van der Waals surface area contributed by atoms with Crippen molar-refractivity contribution in [1.82, 2.24) is 9.88 Å². The molecule has 0 bridgehead atoms. The Bertz CT molecular complexity index is 550. The number of carbonyl (C=O) groups excluding carboxylic acids is 1. The van der Waals surface area contributed by atoms with Gasteiger partial charge in [-0.1, -0.05) is 0 Å². The van der Waals surface area contributed by atoms with Gasteiger partial charge in [0, 0.05) is 29.4 Å². The second kappa shape index (κ2) is 4.79. The number of thiophene rings is 1. The largest absolute Gasteiger partial charge is 0.391 e. The first-order valence-corrected chi connectivity index (χ1v) is 7.52. The van der Waals surface area contributed by atoms with Gasteiger partial charge in [-0.15, -0.1) is 11.3 Å². The first-order chi connectivity index (χ1) is 8.74. The summed E-state index contributed by atoms with van der Waals surface area (Å²) in [7, 11) is 0. The molecule has 1 unspecified atom stereocenters. The third kappa shape index (κ3) is 2.19. The third-order valence-corrected chi connectivity index (χ3v) is 4.52. The highest BCUT2D eigenvalue weighted by Crippen LogP contribution is 2.26. The summed E-state index contributed by atoms with van der Waals surface area (Å²) in [5.74, 6) is -0.0794. The second-order valence-corrected chi connectivity index (χ2v) is 5.88. The molecule has 2 aromatic rings. The van der Waals surface area contributed by atoms with Crippen molar-refractivity contribution in [3.05, 3.63) is 27.9 Å². The summed E-state index contributed by atoms with van der Waals surface area (Å²) in [6, 6.07) is 2.00. The van der Waals surface area contributed by atoms with E-state index in [2.05, 4.69) is 4.98 Å². The van der Waals surface area contributed by atoms with Gasteiger partial charge in [0.1, 0.15) is 10.7 Å². The van der Waals surface area contributed by atoms with Crippen LogP contribution in [0.5, 0.6) is 0 Å². The van der Waals surface area contributed by atoms with Crippen LogP contribution in [0.4, 0.5) is 0 Å². The molecule has 0 aliphatic carbocycles. The fraction of sp³-hybridized carbons (Fsp3) is 0.333. The highest BCUT2D eigenvalue weighted by Gasteiger charge is 2.26. The topological polar surface area (TPSA) is 53.4 Å². The molecule has 0 saturated carbocycles. The summed E-state index contributed by atoms with van der Waals surface area (Å²) in [6.45, 7) is 1.04.